The molecule has 0 radical (unpaired) electrons. The maximum atomic E-state index is 13.1. The molecule has 0 amide bonds. The summed E-state index contributed by atoms with van der Waals surface area (Å²) >= 11 is 0. The van der Waals surface area contributed by atoms with Crippen molar-refractivity contribution in [2.24, 2.45) is 0 Å². The Hall–Kier alpha value is -2.21. The highest BCUT2D eigenvalue weighted by molar-refractivity contribution is 5.84. The zero-order chi connectivity index (χ0) is 44.5. The molecule has 61 heavy (non-hydrogen) atoms. The topological polar surface area (TPSA) is 89.9 Å². The van der Waals surface area contributed by atoms with Crippen LogP contribution in [0.5, 0.6) is 0 Å². The minimum Gasteiger partial charge on any atom is -0.462 e. The van der Waals surface area contributed by atoms with E-state index in [2.05, 4.69) is 57.2 Å². The Bertz CT molecular complexity index is 1050. The normalized spacial score (nSPS) is 12.9. The van der Waals surface area contributed by atoms with Crippen LogP contribution in [0.25, 0.3) is 0 Å². The summed E-state index contributed by atoms with van der Waals surface area (Å²) in [6, 6.07) is 0. The lowest BCUT2D eigenvalue weighted by Gasteiger charge is -2.22. The Morgan fingerprint density at radius 3 is 1.13 bits per heavy atom. The van der Waals surface area contributed by atoms with Gasteiger partial charge in [0.1, 0.15) is 6.61 Å². The summed E-state index contributed by atoms with van der Waals surface area (Å²) < 4.78 is 11.1. The molecule has 0 aromatic heterocycles. The van der Waals surface area contributed by atoms with E-state index in [-0.39, 0.29) is 37.6 Å². The Morgan fingerprint density at radius 2 is 0.705 bits per heavy atom. The fraction of sp³-hybridized carbons (Fsp3) is 0.836. The molecule has 0 bridgehead atoms. The average molecular weight is 857 g/mol. The summed E-state index contributed by atoms with van der Waals surface area (Å²) in [5.74, 6) is -1.16. The maximum absolute atomic E-state index is 13.1. The predicted molar refractivity (Wildman–Crippen MR) is 261 cm³/mol. The maximum Gasteiger partial charge on any atom is 0.306 e. The first-order chi connectivity index (χ1) is 30.0. The van der Waals surface area contributed by atoms with Gasteiger partial charge in [-0.1, -0.05) is 218 Å². The van der Waals surface area contributed by atoms with Crippen molar-refractivity contribution in [2.45, 2.75) is 290 Å². The van der Waals surface area contributed by atoms with Gasteiger partial charge in [0.15, 0.2) is 18.0 Å². The van der Waals surface area contributed by atoms with Crippen LogP contribution in [0, 0.1) is 0 Å². The number of aliphatic hydroxyl groups excluding tert-OH is 1. The molecule has 0 spiro atoms. The number of ketones is 1. The van der Waals surface area contributed by atoms with E-state index >= 15 is 0 Å². The van der Waals surface area contributed by atoms with E-state index in [0.717, 1.165) is 89.9 Å². The van der Waals surface area contributed by atoms with Gasteiger partial charge >= 0.3 is 11.9 Å². The van der Waals surface area contributed by atoms with Crippen LogP contribution in [0.3, 0.4) is 0 Å². The summed E-state index contributed by atoms with van der Waals surface area (Å²) in [6.07, 6.45) is 55.1. The van der Waals surface area contributed by atoms with E-state index in [1.165, 1.54) is 135 Å². The summed E-state index contributed by atoms with van der Waals surface area (Å²) in [7, 11) is 0. The highest BCUT2D eigenvalue weighted by Crippen LogP contribution is 2.17. The molecule has 0 fully saturated rings. The van der Waals surface area contributed by atoms with E-state index in [9.17, 15) is 19.5 Å². The molecule has 0 aromatic rings. The van der Waals surface area contributed by atoms with Gasteiger partial charge in [-0.05, 0) is 77.0 Å². The van der Waals surface area contributed by atoms with Crippen molar-refractivity contribution in [3.63, 3.8) is 0 Å². The van der Waals surface area contributed by atoms with Crippen molar-refractivity contribution in [3.05, 3.63) is 36.5 Å². The molecule has 0 aliphatic carbocycles. The molecule has 2 atom stereocenters. The summed E-state index contributed by atoms with van der Waals surface area (Å²) in [6.45, 7) is 6.46. The van der Waals surface area contributed by atoms with Crippen LogP contribution in [-0.4, -0.2) is 41.6 Å². The first kappa shape index (κ1) is 58.8. The van der Waals surface area contributed by atoms with Gasteiger partial charge in [-0.3, -0.25) is 14.4 Å². The molecule has 6 nitrogen and oxygen atoms in total. The second kappa shape index (κ2) is 48.8. The van der Waals surface area contributed by atoms with Crippen LogP contribution in [-0.2, 0) is 23.9 Å². The van der Waals surface area contributed by atoms with Crippen molar-refractivity contribution in [1.29, 1.82) is 0 Å². The molecule has 6 heteroatoms. The average Bonchev–Trinajstić information content (AvgIpc) is 3.26. The molecule has 0 rings (SSSR count). The predicted octanol–water partition coefficient (Wildman–Crippen LogP) is 16.7. The van der Waals surface area contributed by atoms with Crippen LogP contribution in [0.1, 0.15) is 278 Å². The number of carbonyl (C=O) groups is 3. The number of rotatable bonds is 48. The quantitative estimate of drug-likeness (QED) is 0.0372. The van der Waals surface area contributed by atoms with Gasteiger partial charge in [-0.15, -0.1) is 0 Å². The van der Waals surface area contributed by atoms with Crippen LogP contribution in [0.15, 0.2) is 36.5 Å². The fourth-order valence-corrected chi connectivity index (χ4v) is 7.76. The number of unbranched alkanes of at least 4 members (excludes halogenated alkanes) is 31. The van der Waals surface area contributed by atoms with Gasteiger partial charge in [0, 0.05) is 19.3 Å². The lowest BCUT2D eigenvalue weighted by atomic mass is 10.0. The molecule has 356 valence electrons. The Kier molecular flexibility index (Phi) is 47.0. The first-order valence-corrected chi connectivity index (χ1v) is 26.5. The largest absolute Gasteiger partial charge is 0.462 e. The third kappa shape index (κ3) is 44.2. The number of carbonyl (C=O) groups excluding carboxylic acids is 3. The van der Waals surface area contributed by atoms with E-state index < -0.39 is 18.2 Å². The number of ether oxygens (including phenoxy) is 2. The Morgan fingerprint density at radius 1 is 0.393 bits per heavy atom. The van der Waals surface area contributed by atoms with Crippen LogP contribution < -0.4 is 0 Å². The van der Waals surface area contributed by atoms with Gasteiger partial charge in [0.2, 0.25) is 0 Å². The zero-order valence-electron chi connectivity index (χ0n) is 40.6. The van der Waals surface area contributed by atoms with Gasteiger partial charge < -0.3 is 14.6 Å². The van der Waals surface area contributed by atoms with Gasteiger partial charge in [-0.2, -0.15) is 0 Å². The molecular weight excluding hydrogens is 757 g/mol. The minimum absolute atomic E-state index is 0.230. The van der Waals surface area contributed by atoms with Crippen molar-refractivity contribution in [1.82, 2.24) is 0 Å². The molecule has 1 N–H and O–H groups in total. The molecule has 0 aromatic carbocycles. The second-order valence-corrected chi connectivity index (χ2v) is 17.9. The smallest absolute Gasteiger partial charge is 0.306 e. The Labute approximate surface area is 378 Å². The second-order valence-electron chi connectivity index (χ2n) is 17.9. The fourth-order valence-electron chi connectivity index (χ4n) is 7.76. The molecule has 2 unspecified atom stereocenters. The SMILES string of the molecule is CCCCC/C=C\C/C=C\CCCCCCCC(=O)OCC(OC(=O)CCCCCCC/C=C\CCCCCCCC)C(O)C(=O)CCCCCCCCCCCCCCC. The number of esters is 2. The number of allylic oxidation sites excluding steroid dienone is 6. The molecule has 0 saturated carbocycles. The third-order valence-electron chi connectivity index (χ3n) is 11.9. The summed E-state index contributed by atoms with van der Waals surface area (Å²) in [5, 5.41) is 11.0. The highest BCUT2D eigenvalue weighted by atomic mass is 16.6. The van der Waals surface area contributed by atoms with E-state index in [0.29, 0.717) is 12.8 Å². The number of hydrogen-bond acceptors (Lipinski definition) is 6. The van der Waals surface area contributed by atoms with Crippen LogP contribution >= 0.6 is 0 Å². The minimum atomic E-state index is -1.49. The van der Waals surface area contributed by atoms with Crippen LogP contribution in [0.2, 0.25) is 0 Å². The van der Waals surface area contributed by atoms with Crippen molar-refractivity contribution < 1.29 is 29.0 Å². The monoisotopic (exact) mass is 857 g/mol. The van der Waals surface area contributed by atoms with Crippen molar-refractivity contribution in [2.75, 3.05) is 6.61 Å². The highest BCUT2D eigenvalue weighted by Gasteiger charge is 2.30. The van der Waals surface area contributed by atoms with E-state index in [1.54, 1.807) is 0 Å². The van der Waals surface area contributed by atoms with Crippen LogP contribution in [0.4, 0.5) is 0 Å². The molecule has 0 aliphatic rings. The molecule has 0 saturated heterocycles. The lowest BCUT2D eigenvalue weighted by Crippen LogP contribution is -2.41. The molecular formula is C55H100O6. The number of aliphatic hydroxyl groups is 1. The zero-order valence-corrected chi connectivity index (χ0v) is 40.6. The van der Waals surface area contributed by atoms with Gasteiger partial charge in [-0.25, -0.2) is 0 Å². The van der Waals surface area contributed by atoms with Gasteiger partial charge in [0.25, 0.3) is 0 Å². The summed E-state index contributed by atoms with van der Waals surface area (Å²) in [5.41, 5.74) is 0. The lowest BCUT2D eigenvalue weighted by molar-refractivity contribution is -0.168. The van der Waals surface area contributed by atoms with Crippen molar-refractivity contribution in [3.8, 4) is 0 Å². The summed E-state index contributed by atoms with van der Waals surface area (Å²) in [4.78, 5) is 38.6. The first-order valence-electron chi connectivity index (χ1n) is 26.5. The van der Waals surface area contributed by atoms with E-state index in [4.69, 9.17) is 9.47 Å². The third-order valence-corrected chi connectivity index (χ3v) is 11.9. The molecule has 0 heterocycles. The molecule has 0 aliphatic heterocycles. The Balaban J connectivity index is 4.52. The van der Waals surface area contributed by atoms with E-state index in [1.807, 2.05) is 0 Å². The number of Topliss-reactive ketones (excluding diaryl/α,β-unsaturated/α-hetero) is 1. The van der Waals surface area contributed by atoms with Crippen molar-refractivity contribution >= 4 is 17.7 Å². The number of hydrogen-bond donors (Lipinski definition) is 1. The van der Waals surface area contributed by atoms with Gasteiger partial charge in [0.05, 0.1) is 0 Å². The standard InChI is InChI=1S/C55H100O6/c1-4-7-10-13-16-19-22-25-27-30-33-36-39-42-45-48-53(57)60-50-52(55(59)51(56)47-44-41-38-35-32-29-24-21-18-15-12-9-6-3)61-54(58)49-46-43-40-37-34-31-28-26-23-20-17-14-11-8-5-2/h16,19,25-28,52,55,59H,4-15,17-18,20-24,29-50H2,1-3H3/b19-16-,27-25-,28-26-.